The number of esters is 1. The third-order valence-corrected chi connectivity index (χ3v) is 1.44. The van der Waals surface area contributed by atoms with Crippen molar-refractivity contribution in [3.05, 3.63) is 0 Å². The molecule has 0 bridgehead atoms. The summed E-state index contributed by atoms with van der Waals surface area (Å²) in [6.07, 6.45) is 0. The van der Waals surface area contributed by atoms with Crippen LogP contribution in [0.2, 0.25) is 0 Å². The van der Waals surface area contributed by atoms with Gasteiger partial charge in [-0.25, -0.2) is 4.79 Å². The molecule has 0 saturated heterocycles. The van der Waals surface area contributed by atoms with E-state index in [-0.39, 0.29) is 40.8 Å². The van der Waals surface area contributed by atoms with Crippen LogP contribution in [0.25, 0.3) is 0 Å². The number of carboxylic acid groups (broad SMARTS) is 1. The van der Waals surface area contributed by atoms with Crippen LogP contribution in [-0.4, -0.2) is 47.4 Å². The van der Waals surface area contributed by atoms with Gasteiger partial charge >= 0.3 is 11.9 Å². The fourth-order valence-electron chi connectivity index (χ4n) is 0.634. The van der Waals surface area contributed by atoms with Crippen LogP contribution in [-0.2, 0) is 35.4 Å². The molecule has 88 valence electrons. The molecular formula is C8H15NO5W. The monoisotopic (exact) mass is 389 g/mol. The van der Waals surface area contributed by atoms with E-state index in [4.69, 9.17) is 10.2 Å². The van der Waals surface area contributed by atoms with Crippen LogP contribution in [0.4, 0.5) is 0 Å². The maximum Gasteiger partial charge on any atom is 0.347 e. The molecule has 7 heteroatoms. The Hall–Kier alpha value is -0.452. The molecule has 0 saturated carbocycles. The second-order valence-electron chi connectivity index (χ2n) is 3.19. The molecule has 3 N–H and O–H groups in total. The Kier molecular flexibility index (Phi) is 8.81. The van der Waals surface area contributed by atoms with Gasteiger partial charge in [0, 0.05) is 27.6 Å². The molecule has 0 fully saturated rings. The molecule has 0 amide bonds. The van der Waals surface area contributed by atoms with Gasteiger partial charge in [-0.15, -0.1) is 0 Å². The molecule has 15 heavy (non-hydrogen) atoms. The molecule has 0 unspecified atom stereocenters. The van der Waals surface area contributed by atoms with Crippen molar-refractivity contribution in [3.63, 3.8) is 0 Å². The van der Waals surface area contributed by atoms with Crippen LogP contribution in [0.15, 0.2) is 0 Å². The first-order chi connectivity index (χ1) is 6.40. The molecule has 0 aromatic heterocycles. The summed E-state index contributed by atoms with van der Waals surface area (Å²) >= 11 is 0. The number of rotatable bonds is 6. The van der Waals surface area contributed by atoms with Crippen molar-refractivity contribution in [1.82, 2.24) is 5.32 Å². The third kappa shape index (κ3) is 7.47. The number of carboxylic acids is 1. The Balaban J connectivity index is 0. The van der Waals surface area contributed by atoms with E-state index in [2.05, 4.69) is 10.1 Å². The standard InChI is InChI=1S/C8H15NO5.W/c1-8(2,7(12)13)14-6(11)5-9-3-4-10;/h9-10H,3-5H2,1-2H3,(H,12,13);. The normalized spacial score (nSPS) is 10.3. The number of ether oxygens (including phenoxy) is 1. The number of hydrogen-bond acceptors (Lipinski definition) is 5. The summed E-state index contributed by atoms with van der Waals surface area (Å²) in [6.45, 7) is 2.65. The number of carbonyl (C=O) groups excluding carboxylic acids is 1. The van der Waals surface area contributed by atoms with E-state index in [1.165, 1.54) is 13.8 Å². The predicted molar refractivity (Wildman–Crippen MR) is 47.8 cm³/mol. The zero-order chi connectivity index (χ0) is 11.2. The molecule has 0 rings (SSSR count). The van der Waals surface area contributed by atoms with Crippen LogP contribution in [0.3, 0.4) is 0 Å². The van der Waals surface area contributed by atoms with Crippen LogP contribution in [0, 0.1) is 0 Å². The summed E-state index contributed by atoms with van der Waals surface area (Å²) in [4.78, 5) is 21.6. The van der Waals surface area contributed by atoms with Gasteiger partial charge in [0.05, 0.1) is 13.2 Å². The van der Waals surface area contributed by atoms with Crippen molar-refractivity contribution in [3.8, 4) is 0 Å². The Labute approximate surface area is 102 Å². The number of hydrogen-bond donors (Lipinski definition) is 3. The summed E-state index contributed by atoms with van der Waals surface area (Å²) in [5.74, 6) is -1.86. The predicted octanol–water partition coefficient (Wildman–Crippen LogP) is -1.03. The Bertz CT molecular complexity index is 219. The Morgan fingerprint density at radius 3 is 2.33 bits per heavy atom. The van der Waals surface area contributed by atoms with Crippen molar-refractivity contribution in [2.75, 3.05) is 19.7 Å². The second-order valence-corrected chi connectivity index (χ2v) is 3.19. The van der Waals surface area contributed by atoms with Gasteiger partial charge in [0.2, 0.25) is 5.60 Å². The SMILES string of the molecule is CC(C)(OC(=O)CNCCO)C(=O)O.[W]. The van der Waals surface area contributed by atoms with Crippen LogP contribution in [0.5, 0.6) is 0 Å². The molecule has 0 aliphatic rings. The average molecular weight is 389 g/mol. The quantitative estimate of drug-likeness (QED) is 0.398. The first kappa shape index (κ1) is 17.0. The minimum atomic E-state index is -1.52. The molecule has 0 spiro atoms. The average Bonchev–Trinajstić information content (AvgIpc) is 2.03. The van der Waals surface area contributed by atoms with E-state index in [0.717, 1.165) is 0 Å². The topological polar surface area (TPSA) is 95.9 Å². The first-order valence-electron chi connectivity index (χ1n) is 4.17. The molecule has 0 radical (unpaired) electrons. The second kappa shape index (κ2) is 7.79. The van der Waals surface area contributed by atoms with Gasteiger partial charge in [-0.1, -0.05) is 0 Å². The number of carbonyl (C=O) groups is 2. The first-order valence-corrected chi connectivity index (χ1v) is 4.17. The van der Waals surface area contributed by atoms with Crippen molar-refractivity contribution in [2.45, 2.75) is 19.4 Å². The maximum absolute atomic E-state index is 11.0. The molecule has 0 heterocycles. The van der Waals surface area contributed by atoms with Gasteiger partial charge in [0.25, 0.3) is 0 Å². The minimum absolute atomic E-state index is 0. The van der Waals surface area contributed by atoms with Crippen molar-refractivity contribution < 1.29 is 45.6 Å². The largest absolute Gasteiger partial charge is 0.478 e. The smallest absolute Gasteiger partial charge is 0.347 e. The molecule has 0 atom stereocenters. The number of aliphatic hydroxyl groups is 1. The summed E-state index contributed by atoms with van der Waals surface area (Å²) < 4.78 is 4.66. The maximum atomic E-state index is 11.0. The van der Waals surface area contributed by atoms with E-state index >= 15 is 0 Å². The van der Waals surface area contributed by atoms with Crippen LogP contribution >= 0.6 is 0 Å². The zero-order valence-electron chi connectivity index (χ0n) is 8.65. The van der Waals surface area contributed by atoms with Gasteiger partial charge < -0.3 is 20.3 Å². The summed E-state index contributed by atoms with van der Waals surface area (Å²) in [6, 6.07) is 0. The molecule has 0 aliphatic heterocycles. The van der Waals surface area contributed by atoms with E-state index < -0.39 is 17.5 Å². The van der Waals surface area contributed by atoms with Gasteiger partial charge in [0.1, 0.15) is 0 Å². The minimum Gasteiger partial charge on any atom is -0.478 e. The van der Waals surface area contributed by atoms with Crippen molar-refractivity contribution >= 4 is 11.9 Å². The van der Waals surface area contributed by atoms with Crippen molar-refractivity contribution in [2.24, 2.45) is 0 Å². The van der Waals surface area contributed by atoms with Gasteiger partial charge in [-0.2, -0.15) is 0 Å². The summed E-state index contributed by atoms with van der Waals surface area (Å²) in [5.41, 5.74) is -1.52. The number of aliphatic hydroxyl groups excluding tert-OH is 1. The third-order valence-electron chi connectivity index (χ3n) is 1.44. The van der Waals surface area contributed by atoms with E-state index in [1.54, 1.807) is 0 Å². The van der Waals surface area contributed by atoms with E-state index in [0.29, 0.717) is 0 Å². The zero-order valence-corrected chi connectivity index (χ0v) is 11.6. The van der Waals surface area contributed by atoms with E-state index in [9.17, 15) is 9.59 Å². The molecule has 0 aromatic rings. The molecular weight excluding hydrogens is 374 g/mol. The fraction of sp³-hybridized carbons (Fsp3) is 0.750. The molecule has 0 aliphatic carbocycles. The molecule has 0 aromatic carbocycles. The van der Waals surface area contributed by atoms with E-state index in [1.807, 2.05) is 0 Å². The van der Waals surface area contributed by atoms with Crippen molar-refractivity contribution in [1.29, 1.82) is 0 Å². The van der Waals surface area contributed by atoms with Gasteiger partial charge in [0.15, 0.2) is 0 Å². The number of nitrogens with one attached hydrogen (secondary N) is 1. The van der Waals surface area contributed by atoms with Gasteiger partial charge in [-0.05, 0) is 13.8 Å². The molecule has 6 nitrogen and oxygen atoms in total. The van der Waals surface area contributed by atoms with Crippen LogP contribution < -0.4 is 5.32 Å². The summed E-state index contributed by atoms with van der Waals surface area (Å²) in [5, 5.41) is 19.6. The Morgan fingerprint density at radius 2 is 1.93 bits per heavy atom. The number of aliphatic carboxylic acids is 1. The van der Waals surface area contributed by atoms with Gasteiger partial charge in [-0.3, -0.25) is 4.79 Å². The van der Waals surface area contributed by atoms with Crippen LogP contribution in [0.1, 0.15) is 13.8 Å². The summed E-state index contributed by atoms with van der Waals surface area (Å²) in [7, 11) is 0. The fourth-order valence-corrected chi connectivity index (χ4v) is 0.634. The Morgan fingerprint density at radius 1 is 1.40 bits per heavy atom.